The second-order valence-electron chi connectivity index (χ2n) is 5.22. The van der Waals surface area contributed by atoms with Crippen molar-refractivity contribution in [1.82, 2.24) is 10.6 Å². The van der Waals surface area contributed by atoms with Crippen LogP contribution in [-0.2, 0) is 14.4 Å². The number of rotatable bonds is 2. The van der Waals surface area contributed by atoms with Crippen LogP contribution in [-0.4, -0.2) is 43.0 Å². The van der Waals surface area contributed by atoms with Gasteiger partial charge in [0.25, 0.3) is 0 Å². The zero-order chi connectivity index (χ0) is 16.1. The number of hydrogen-bond donors (Lipinski definition) is 3. The van der Waals surface area contributed by atoms with E-state index in [1.807, 2.05) is 0 Å². The molecular weight excluding hydrogens is 286 g/mol. The third kappa shape index (κ3) is 3.82. The lowest BCUT2D eigenvalue weighted by Gasteiger charge is -2.22. The van der Waals surface area contributed by atoms with E-state index in [1.54, 1.807) is 0 Å². The van der Waals surface area contributed by atoms with Gasteiger partial charge in [-0.25, -0.2) is 0 Å². The zero-order valence-corrected chi connectivity index (χ0v) is 12.3. The number of nitrogens with zero attached hydrogens (tertiary/aromatic N) is 1. The minimum Gasteiger partial charge on any atom is -0.508 e. The van der Waals surface area contributed by atoms with Crippen LogP contribution >= 0.6 is 0 Å². The Bertz CT molecular complexity index is 565. The van der Waals surface area contributed by atoms with E-state index in [2.05, 4.69) is 10.6 Å². The standard InChI is InChI=1S/C15H19N3O4/c1-18(11-2-4-12(19)5-3-11)15(22)14(21)17-13(20)10-6-8-16-9-7-10/h2-5,10,16,19H,6-9H2,1H3,(H,17,20,21). The van der Waals surface area contributed by atoms with Crippen LogP contribution in [0.5, 0.6) is 5.75 Å². The first-order chi connectivity index (χ1) is 10.5. The molecule has 1 aromatic carbocycles. The summed E-state index contributed by atoms with van der Waals surface area (Å²) in [4.78, 5) is 37.0. The highest BCUT2D eigenvalue weighted by molar-refractivity contribution is 6.42. The Morgan fingerprint density at radius 3 is 2.36 bits per heavy atom. The normalized spacial score (nSPS) is 15.1. The van der Waals surface area contributed by atoms with E-state index in [9.17, 15) is 19.5 Å². The average molecular weight is 305 g/mol. The van der Waals surface area contributed by atoms with Crippen LogP contribution in [0.4, 0.5) is 5.69 Å². The molecule has 1 saturated heterocycles. The topological polar surface area (TPSA) is 98.7 Å². The van der Waals surface area contributed by atoms with Crippen molar-refractivity contribution in [1.29, 1.82) is 0 Å². The van der Waals surface area contributed by atoms with Crippen LogP contribution in [0.1, 0.15) is 12.8 Å². The molecule has 0 aliphatic carbocycles. The lowest BCUT2D eigenvalue weighted by atomic mass is 9.97. The summed E-state index contributed by atoms with van der Waals surface area (Å²) in [6.45, 7) is 1.46. The van der Waals surface area contributed by atoms with Gasteiger partial charge >= 0.3 is 11.8 Å². The number of carbonyl (C=O) groups is 3. The van der Waals surface area contributed by atoms with Crippen molar-refractivity contribution in [2.75, 3.05) is 25.0 Å². The van der Waals surface area contributed by atoms with Crippen LogP contribution in [0.15, 0.2) is 24.3 Å². The minimum atomic E-state index is -0.945. The van der Waals surface area contributed by atoms with Crippen LogP contribution in [0.25, 0.3) is 0 Å². The molecule has 7 nitrogen and oxygen atoms in total. The number of phenols is 1. The predicted octanol–water partition coefficient (Wildman–Crippen LogP) is -0.00260. The van der Waals surface area contributed by atoms with E-state index >= 15 is 0 Å². The summed E-state index contributed by atoms with van der Waals surface area (Å²) < 4.78 is 0. The van der Waals surface area contributed by atoms with Crippen molar-refractivity contribution in [3.8, 4) is 5.75 Å². The summed E-state index contributed by atoms with van der Waals surface area (Å²) in [6.07, 6.45) is 1.31. The van der Waals surface area contributed by atoms with Crippen molar-refractivity contribution < 1.29 is 19.5 Å². The van der Waals surface area contributed by atoms with Gasteiger partial charge in [-0.1, -0.05) is 0 Å². The van der Waals surface area contributed by atoms with Crippen LogP contribution in [0.3, 0.4) is 0 Å². The summed E-state index contributed by atoms with van der Waals surface area (Å²) in [7, 11) is 1.43. The van der Waals surface area contributed by atoms with E-state index in [4.69, 9.17) is 0 Å². The van der Waals surface area contributed by atoms with E-state index < -0.39 is 17.7 Å². The number of benzene rings is 1. The molecule has 3 N–H and O–H groups in total. The number of aromatic hydroxyl groups is 1. The fourth-order valence-electron chi connectivity index (χ4n) is 2.30. The van der Waals surface area contributed by atoms with Crippen LogP contribution < -0.4 is 15.5 Å². The van der Waals surface area contributed by atoms with E-state index in [-0.39, 0.29) is 11.7 Å². The molecule has 0 bridgehead atoms. The molecule has 3 amide bonds. The lowest BCUT2D eigenvalue weighted by Crippen LogP contribution is -2.47. The molecule has 1 aliphatic rings. The van der Waals surface area contributed by atoms with Crippen molar-refractivity contribution in [3.05, 3.63) is 24.3 Å². The fraction of sp³-hybridized carbons (Fsp3) is 0.400. The second-order valence-corrected chi connectivity index (χ2v) is 5.22. The fourth-order valence-corrected chi connectivity index (χ4v) is 2.30. The average Bonchev–Trinajstić information content (AvgIpc) is 2.55. The van der Waals surface area contributed by atoms with Gasteiger partial charge in [-0.15, -0.1) is 0 Å². The third-order valence-electron chi connectivity index (χ3n) is 3.68. The van der Waals surface area contributed by atoms with Gasteiger partial charge < -0.3 is 15.3 Å². The minimum absolute atomic E-state index is 0.0649. The Balaban J connectivity index is 1.94. The largest absolute Gasteiger partial charge is 0.508 e. The lowest BCUT2D eigenvalue weighted by molar-refractivity contribution is -0.141. The molecule has 7 heteroatoms. The van der Waals surface area contributed by atoms with Gasteiger partial charge in [-0.3, -0.25) is 19.7 Å². The number of piperidine rings is 1. The number of imide groups is 1. The monoisotopic (exact) mass is 305 g/mol. The van der Waals surface area contributed by atoms with Gasteiger partial charge in [0.1, 0.15) is 5.75 Å². The second kappa shape index (κ2) is 7.04. The zero-order valence-electron chi connectivity index (χ0n) is 12.3. The quantitative estimate of drug-likeness (QED) is 0.668. The van der Waals surface area contributed by atoms with E-state index in [0.29, 0.717) is 18.5 Å². The van der Waals surface area contributed by atoms with Gasteiger partial charge in [0.05, 0.1) is 0 Å². The molecule has 2 rings (SSSR count). The van der Waals surface area contributed by atoms with Crippen molar-refractivity contribution in [2.24, 2.45) is 5.92 Å². The van der Waals surface area contributed by atoms with Crippen molar-refractivity contribution >= 4 is 23.4 Å². The first-order valence-corrected chi connectivity index (χ1v) is 7.11. The molecule has 0 unspecified atom stereocenters. The number of hydrogen-bond acceptors (Lipinski definition) is 5. The SMILES string of the molecule is CN(C(=O)C(=O)NC(=O)C1CCNCC1)c1ccc(O)cc1. The highest BCUT2D eigenvalue weighted by Crippen LogP contribution is 2.17. The highest BCUT2D eigenvalue weighted by atomic mass is 16.3. The molecule has 0 saturated carbocycles. The molecule has 22 heavy (non-hydrogen) atoms. The Hall–Kier alpha value is -2.41. The summed E-state index contributed by atoms with van der Waals surface area (Å²) >= 11 is 0. The Morgan fingerprint density at radius 2 is 1.77 bits per heavy atom. The maximum absolute atomic E-state index is 12.0. The van der Waals surface area contributed by atoms with Gasteiger partial charge in [0.15, 0.2) is 0 Å². The summed E-state index contributed by atoms with van der Waals surface area (Å²) in [5, 5.41) is 14.5. The molecule has 1 fully saturated rings. The highest BCUT2D eigenvalue weighted by Gasteiger charge is 2.27. The van der Waals surface area contributed by atoms with Gasteiger partial charge in [0.2, 0.25) is 5.91 Å². The number of likely N-dealkylation sites (N-methyl/N-ethyl adjacent to an activating group) is 1. The van der Waals surface area contributed by atoms with Crippen LogP contribution in [0, 0.1) is 5.92 Å². The van der Waals surface area contributed by atoms with Crippen molar-refractivity contribution in [3.63, 3.8) is 0 Å². The Kier molecular flexibility index (Phi) is 5.11. The number of carbonyl (C=O) groups excluding carboxylic acids is 3. The molecule has 0 aromatic heterocycles. The van der Waals surface area contributed by atoms with Gasteiger partial charge in [0, 0.05) is 18.7 Å². The van der Waals surface area contributed by atoms with E-state index in [1.165, 1.54) is 31.3 Å². The smallest absolute Gasteiger partial charge is 0.316 e. The summed E-state index contributed by atoms with van der Waals surface area (Å²) in [5.41, 5.74) is 0.451. The number of anilines is 1. The maximum Gasteiger partial charge on any atom is 0.316 e. The van der Waals surface area contributed by atoms with Gasteiger partial charge in [-0.05, 0) is 50.2 Å². The van der Waals surface area contributed by atoms with E-state index in [0.717, 1.165) is 18.0 Å². The summed E-state index contributed by atoms with van der Waals surface area (Å²) in [6, 6.07) is 5.85. The Labute approximate surface area is 128 Å². The first-order valence-electron chi connectivity index (χ1n) is 7.11. The molecule has 0 atom stereocenters. The first kappa shape index (κ1) is 16.0. The third-order valence-corrected chi connectivity index (χ3v) is 3.68. The van der Waals surface area contributed by atoms with Gasteiger partial charge in [-0.2, -0.15) is 0 Å². The predicted molar refractivity (Wildman–Crippen MR) is 80.3 cm³/mol. The molecule has 0 radical (unpaired) electrons. The molecule has 1 heterocycles. The molecule has 1 aliphatic heterocycles. The van der Waals surface area contributed by atoms with Crippen molar-refractivity contribution in [2.45, 2.75) is 12.8 Å². The molecular formula is C15H19N3O4. The summed E-state index contributed by atoms with van der Waals surface area (Å²) in [5.74, 6) is -2.35. The number of nitrogens with one attached hydrogen (secondary N) is 2. The molecule has 0 spiro atoms. The number of amides is 3. The maximum atomic E-state index is 12.0. The number of phenolic OH excluding ortho intramolecular Hbond substituents is 1. The molecule has 118 valence electrons. The van der Waals surface area contributed by atoms with Crippen LogP contribution in [0.2, 0.25) is 0 Å². The molecule has 1 aromatic rings. The Morgan fingerprint density at radius 1 is 1.18 bits per heavy atom.